The fourth-order valence-electron chi connectivity index (χ4n) is 0.627. The first-order chi connectivity index (χ1) is 7.74. The van der Waals surface area contributed by atoms with Gasteiger partial charge in [-0.15, -0.1) is 11.3 Å². The van der Waals surface area contributed by atoms with Gasteiger partial charge in [-0.2, -0.15) is 0 Å². The van der Waals surface area contributed by atoms with E-state index in [1.165, 1.54) is 24.5 Å². The van der Waals surface area contributed by atoms with Gasteiger partial charge in [-0.3, -0.25) is 0 Å². The summed E-state index contributed by atoms with van der Waals surface area (Å²) in [7, 11) is -9.38. The van der Waals surface area contributed by atoms with Gasteiger partial charge < -0.3 is 4.74 Å². The van der Waals surface area contributed by atoms with Crippen LogP contribution in [-0.2, 0) is 4.74 Å². The average Bonchev–Trinajstić information content (AvgIpc) is 2.59. The fraction of sp³-hybridized carbons (Fsp3) is 0.167. The molecule has 0 aliphatic heterocycles. The van der Waals surface area contributed by atoms with Crippen LogP contribution in [-0.4, -0.2) is 13.1 Å². The summed E-state index contributed by atoms with van der Waals surface area (Å²) < 4.78 is 63.6. The summed E-state index contributed by atoms with van der Waals surface area (Å²) in [6, 6.07) is 1.54. The Bertz CT molecular complexity index is 478. The molecule has 0 radical (unpaired) electrons. The zero-order valence-corrected chi connectivity index (χ0v) is 10.2. The number of rotatable bonds is 1. The summed E-state index contributed by atoms with van der Waals surface area (Å²) in [5.41, 5.74) is 0.252. The van der Waals surface area contributed by atoms with Crippen LogP contribution < -0.4 is 0 Å². The Kier molecular flexibility index (Phi) is 4.03. The third-order valence-corrected chi connectivity index (χ3v) is 2.01. The minimum absolute atomic E-state index is 0.252. The monoisotopic (exact) mass is 314 g/mol. The van der Waals surface area contributed by atoms with Gasteiger partial charge in [-0.25, -0.2) is 4.79 Å². The molecule has 0 aliphatic carbocycles. The van der Waals surface area contributed by atoms with Crippen molar-refractivity contribution < 1.29 is 34.7 Å². The summed E-state index contributed by atoms with van der Waals surface area (Å²) in [5, 5.41) is 10.0. The molecule has 0 atom stereocenters. The number of thiophene rings is 1. The Labute approximate surface area is 100 Å². The van der Waals surface area contributed by atoms with Crippen molar-refractivity contribution in [1.29, 1.82) is 5.39 Å². The second-order valence-electron chi connectivity index (χ2n) is 2.68. The number of diazo groups is 1. The molecule has 4 nitrogen and oxygen atoms in total. The predicted molar refractivity (Wildman–Crippen MR) is 54.0 cm³/mol. The molecule has 0 saturated carbocycles. The van der Waals surface area contributed by atoms with Gasteiger partial charge in [-0.05, 0) is 5.38 Å². The maximum absolute atomic E-state index is 10.9. The van der Waals surface area contributed by atoms with E-state index in [2.05, 4.69) is 9.71 Å². The van der Waals surface area contributed by atoms with Gasteiger partial charge >= 0.3 is 44.6 Å². The van der Waals surface area contributed by atoms with Crippen molar-refractivity contribution in [3.05, 3.63) is 21.3 Å². The number of ether oxygens (including phenoxy) is 1. The van der Waals surface area contributed by atoms with Crippen molar-refractivity contribution in [2.24, 2.45) is 0 Å². The van der Waals surface area contributed by atoms with Crippen LogP contribution in [0.15, 0.2) is 11.4 Å². The topological polar surface area (TPSA) is 54.5 Å². The summed E-state index contributed by atoms with van der Waals surface area (Å²) in [6.45, 7) is 0. The molecule has 12 heteroatoms. The number of halogens is 6. The molecular weight excluding hydrogens is 309 g/mol. The van der Waals surface area contributed by atoms with Gasteiger partial charge in [0.25, 0.3) is 0 Å². The molecule has 0 spiro atoms. The molecule has 0 aliphatic rings. The standard InChI is InChI=1S/C6H5N2O2S.F6P/c1-10-6(9)5-4(8-7)2-3-11-5;1-7(2,3,4,5)6/h2-3H,1H3;/q+1;-1. The Morgan fingerprint density at radius 3 is 2.11 bits per heavy atom. The van der Waals surface area contributed by atoms with Gasteiger partial charge in [0.1, 0.15) is 0 Å². The first kappa shape index (κ1) is 16.6. The molecule has 0 saturated heterocycles. The van der Waals surface area contributed by atoms with Gasteiger partial charge in [0.05, 0.1) is 7.11 Å². The van der Waals surface area contributed by atoms with E-state index in [-0.39, 0.29) is 5.69 Å². The van der Waals surface area contributed by atoms with Crippen LogP contribution in [0.5, 0.6) is 0 Å². The van der Waals surface area contributed by atoms with Crippen molar-refractivity contribution in [1.82, 2.24) is 0 Å². The van der Waals surface area contributed by atoms with Crippen molar-refractivity contribution in [3.8, 4) is 0 Å². The summed E-state index contributed by atoms with van der Waals surface area (Å²) in [5.74, 6) is -0.479. The number of hydrogen-bond donors (Lipinski definition) is 0. The van der Waals surface area contributed by atoms with E-state index < -0.39 is 13.8 Å². The molecule has 1 heterocycles. The number of carbonyl (C=O) groups is 1. The molecule has 18 heavy (non-hydrogen) atoms. The number of carbonyl (C=O) groups excluding carboxylic acids is 1. The Balaban J connectivity index is 0.000000360. The van der Waals surface area contributed by atoms with E-state index in [0.29, 0.717) is 4.88 Å². The molecule has 1 aromatic rings. The van der Waals surface area contributed by atoms with Gasteiger partial charge in [0, 0.05) is 6.07 Å². The molecule has 0 N–H and O–H groups in total. The number of esters is 1. The third-order valence-electron chi connectivity index (χ3n) is 1.12. The molecule has 104 valence electrons. The molecule has 1 aromatic heterocycles. The molecule has 0 bridgehead atoms. The molecule has 0 unspecified atom stereocenters. The third kappa shape index (κ3) is 9.80. The first-order valence-corrected chi connectivity index (χ1v) is 6.72. The summed E-state index contributed by atoms with van der Waals surface area (Å²) in [6.07, 6.45) is 0. The van der Waals surface area contributed by atoms with E-state index in [9.17, 15) is 30.0 Å². The van der Waals surface area contributed by atoms with Crippen LogP contribution in [0.1, 0.15) is 9.67 Å². The van der Waals surface area contributed by atoms with Crippen molar-refractivity contribution in [3.63, 3.8) is 0 Å². The van der Waals surface area contributed by atoms with E-state index in [0.717, 1.165) is 0 Å². The van der Waals surface area contributed by atoms with Crippen molar-refractivity contribution in [2.45, 2.75) is 0 Å². The zero-order chi connectivity index (χ0) is 14.7. The van der Waals surface area contributed by atoms with Crippen LogP contribution in [0.25, 0.3) is 4.98 Å². The fourth-order valence-corrected chi connectivity index (χ4v) is 1.37. The van der Waals surface area contributed by atoms with Gasteiger partial charge in [-0.1, -0.05) is 0 Å². The summed E-state index contributed by atoms with van der Waals surface area (Å²) in [4.78, 5) is 14.1. The zero-order valence-electron chi connectivity index (χ0n) is 8.49. The molecule has 0 amide bonds. The van der Waals surface area contributed by atoms with Crippen LogP contribution in [0.4, 0.5) is 30.9 Å². The van der Waals surface area contributed by atoms with E-state index >= 15 is 0 Å². The first-order valence-electron chi connectivity index (χ1n) is 3.82. The SMILES string of the molecule is COC(=O)c1sccc1[N+]#N.F[P-](F)(F)(F)(F)F. The Hall–Kier alpha value is -1.40. The number of hydrogen-bond acceptors (Lipinski definition) is 4. The van der Waals surface area contributed by atoms with Gasteiger partial charge in [0.15, 0.2) is 4.98 Å². The normalized spacial score (nSPS) is 14.3. The number of methoxy groups -OCH3 is 1. The second kappa shape index (κ2) is 4.37. The van der Waals surface area contributed by atoms with Crippen molar-refractivity contribution in [2.75, 3.05) is 7.11 Å². The quantitative estimate of drug-likeness (QED) is 0.302. The van der Waals surface area contributed by atoms with Crippen LogP contribution in [0.3, 0.4) is 0 Å². The van der Waals surface area contributed by atoms with E-state index in [1.807, 2.05) is 0 Å². The molecular formula is C6H5F6N2O2PS. The van der Waals surface area contributed by atoms with E-state index in [4.69, 9.17) is 5.39 Å². The average molecular weight is 314 g/mol. The predicted octanol–water partition coefficient (Wildman–Crippen LogP) is 5.40. The van der Waals surface area contributed by atoms with Crippen molar-refractivity contribution >= 4 is 30.8 Å². The molecule has 0 fully saturated rings. The Morgan fingerprint density at radius 2 is 1.78 bits per heavy atom. The van der Waals surface area contributed by atoms with Crippen LogP contribution in [0, 0.1) is 5.39 Å². The second-order valence-corrected chi connectivity index (χ2v) is 5.52. The Morgan fingerprint density at radius 1 is 1.33 bits per heavy atom. The van der Waals surface area contributed by atoms with Gasteiger partial charge in [0.2, 0.25) is 10.3 Å². The number of nitrogens with zero attached hydrogens (tertiary/aromatic N) is 2. The molecule has 0 aromatic carbocycles. The molecule has 1 rings (SSSR count). The maximum atomic E-state index is 10.9. The summed E-state index contributed by atoms with van der Waals surface area (Å²) >= 11 is 1.18. The van der Waals surface area contributed by atoms with E-state index in [1.54, 1.807) is 5.38 Å². The minimum atomic E-state index is -10.7. The van der Waals surface area contributed by atoms with Crippen LogP contribution >= 0.6 is 19.1 Å². The van der Waals surface area contributed by atoms with Crippen LogP contribution in [0.2, 0.25) is 0 Å².